The Morgan fingerprint density at radius 2 is 1.81 bits per heavy atom. The highest BCUT2D eigenvalue weighted by molar-refractivity contribution is 7.99. The van der Waals surface area contributed by atoms with Crippen molar-refractivity contribution >= 4 is 40.7 Å². The lowest BCUT2D eigenvalue weighted by molar-refractivity contribution is 0.0927. The number of nitrogens with zero attached hydrogens (tertiary/aromatic N) is 2. The minimum atomic E-state index is -0.0219. The Labute approximate surface area is 191 Å². The summed E-state index contributed by atoms with van der Waals surface area (Å²) in [6.07, 6.45) is 9.40. The summed E-state index contributed by atoms with van der Waals surface area (Å²) in [5.41, 5.74) is 4.20. The molecule has 2 heterocycles. The fraction of sp³-hybridized carbons (Fsp3) is 0.240. The predicted octanol–water partition coefficient (Wildman–Crippen LogP) is 6.43. The van der Waals surface area contributed by atoms with Crippen molar-refractivity contribution in [3.63, 3.8) is 0 Å². The lowest BCUT2D eigenvalue weighted by atomic mass is 9.95. The van der Waals surface area contributed by atoms with Gasteiger partial charge in [0.1, 0.15) is 0 Å². The standard InChI is InChI=1S/C25H22ClN3OS/c26-18-9-6-16(7-10-18)24-20-15-27-13-12-22(20)31-23-11-8-17(14-21(23)29-24)25(30)28-19-4-2-1-3-5-19/h6-15,19H,1-5H2,(H,28,30). The zero-order chi connectivity index (χ0) is 21.2. The third kappa shape index (κ3) is 4.39. The van der Waals surface area contributed by atoms with Gasteiger partial charge in [0.05, 0.1) is 11.4 Å². The van der Waals surface area contributed by atoms with Crippen LogP contribution in [0, 0.1) is 0 Å². The first-order valence-electron chi connectivity index (χ1n) is 10.6. The number of amides is 1. The van der Waals surface area contributed by atoms with Crippen LogP contribution in [-0.2, 0) is 0 Å². The lowest BCUT2D eigenvalue weighted by Crippen LogP contribution is -2.36. The molecule has 2 aromatic carbocycles. The molecule has 1 fully saturated rings. The molecule has 1 N–H and O–H groups in total. The Kier molecular flexibility index (Phi) is 5.79. The van der Waals surface area contributed by atoms with Crippen molar-refractivity contribution in [3.8, 4) is 0 Å². The van der Waals surface area contributed by atoms with Gasteiger partial charge < -0.3 is 5.32 Å². The van der Waals surface area contributed by atoms with E-state index >= 15 is 0 Å². The molecule has 1 aliphatic carbocycles. The van der Waals surface area contributed by atoms with Crippen molar-refractivity contribution in [1.82, 2.24) is 10.3 Å². The number of carbonyl (C=O) groups is 1. The van der Waals surface area contributed by atoms with E-state index in [1.54, 1.807) is 18.0 Å². The smallest absolute Gasteiger partial charge is 0.251 e. The monoisotopic (exact) mass is 447 g/mol. The van der Waals surface area contributed by atoms with E-state index in [2.05, 4.69) is 10.3 Å². The Hall–Kier alpha value is -2.63. The van der Waals surface area contributed by atoms with Crippen LogP contribution in [-0.4, -0.2) is 22.6 Å². The van der Waals surface area contributed by atoms with E-state index in [0.29, 0.717) is 10.6 Å². The number of fused-ring (bicyclic) bond motifs is 2. The van der Waals surface area contributed by atoms with Gasteiger partial charge in [0, 0.05) is 49.9 Å². The number of rotatable bonds is 3. The maximum Gasteiger partial charge on any atom is 0.251 e. The predicted molar refractivity (Wildman–Crippen MR) is 126 cm³/mol. The van der Waals surface area contributed by atoms with Crippen LogP contribution >= 0.6 is 23.4 Å². The number of carbonyl (C=O) groups excluding carboxylic acids is 1. The zero-order valence-corrected chi connectivity index (χ0v) is 18.5. The van der Waals surface area contributed by atoms with Gasteiger partial charge in [-0.3, -0.25) is 9.78 Å². The lowest BCUT2D eigenvalue weighted by Gasteiger charge is -2.22. The van der Waals surface area contributed by atoms with Gasteiger partial charge in [-0.05, 0) is 49.2 Å². The minimum Gasteiger partial charge on any atom is -0.349 e. The maximum atomic E-state index is 12.9. The Bertz CT molecular complexity index is 1150. The third-order valence-electron chi connectivity index (χ3n) is 5.77. The first-order valence-corrected chi connectivity index (χ1v) is 11.8. The first-order chi connectivity index (χ1) is 15.2. The van der Waals surface area contributed by atoms with Gasteiger partial charge in [0.15, 0.2) is 0 Å². The second-order valence-corrected chi connectivity index (χ2v) is 9.45. The van der Waals surface area contributed by atoms with Crippen LogP contribution in [0.25, 0.3) is 0 Å². The number of pyridine rings is 1. The van der Waals surface area contributed by atoms with Gasteiger partial charge >= 0.3 is 0 Å². The van der Waals surface area contributed by atoms with Crippen LogP contribution in [0.5, 0.6) is 0 Å². The topological polar surface area (TPSA) is 54.4 Å². The van der Waals surface area contributed by atoms with Gasteiger partial charge in [-0.25, -0.2) is 4.99 Å². The summed E-state index contributed by atoms with van der Waals surface area (Å²) < 4.78 is 0. The number of aromatic nitrogens is 1. The van der Waals surface area contributed by atoms with Gasteiger partial charge in [0.25, 0.3) is 5.91 Å². The summed E-state index contributed by atoms with van der Waals surface area (Å²) >= 11 is 7.75. The highest BCUT2D eigenvalue weighted by Crippen LogP contribution is 2.41. The Morgan fingerprint density at radius 3 is 2.61 bits per heavy atom. The van der Waals surface area contributed by atoms with Crippen molar-refractivity contribution in [2.45, 2.75) is 47.9 Å². The van der Waals surface area contributed by atoms with E-state index in [1.165, 1.54) is 19.3 Å². The molecule has 2 aliphatic rings. The molecule has 6 heteroatoms. The van der Waals surface area contributed by atoms with E-state index in [-0.39, 0.29) is 11.9 Å². The summed E-state index contributed by atoms with van der Waals surface area (Å²) in [7, 11) is 0. The summed E-state index contributed by atoms with van der Waals surface area (Å²) in [5.74, 6) is -0.0219. The third-order valence-corrected chi connectivity index (χ3v) is 7.16. The zero-order valence-electron chi connectivity index (χ0n) is 17.0. The molecule has 156 valence electrons. The average Bonchev–Trinajstić information content (AvgIpc) is 2.96. The molecule has 1 aliphatic heterocycles. The Balaban J connectivity index is 1.54. The van der Waals surface area contributed by atoms with E-state index < -0.39 is 0 Å². The van der Waals surface area contributed by atoms with Crippen LogP contribution in [0.2, 0.25) is 5.02 Å². The highest BCUT2D eigenvalue weighted by Gasteiger charge is 2.21. The molecule has 1 amide bonds. The molecule has 1 saturated carbocycles. The van der Waals surface area contributed by atoms with Crippen LogP contribution in [0.1, 0.15) is 53.6 Å². The van der Waals surface area contributed by atoms with Gasteiger partial charge in [-0.1, -0.05) is 54.8 Å². The number of hydrogen-bond acceptors (Lipinski definition) is 4. The van der Waals surface area contributed by atoms with Gasteiger partial charge in [-0.15, -0.1) is 0 Å². The molecule has 0 bridgehead atoms. The summed E-state index contributed by atoms with van der Waals surface area (Å²) in [6, 6.07) is 15.7. The maximum absolute atomic E-state index is 12.9. The van der Waals surface area contributed by atoms with Gasteiger partial charge in [0.2, 0.25) is 0 Å². The van der Waals surface area contributed by atoms with E-state index in [4.69, 9.17) is 16.6 Å². The molecule has 0 saturated heterocycles. The second-order valence-electron chi connectivity index (χ2n) is 7.93. The molecule has 31 heavy (non-hydrogen) atoms. The van der Waals surface area contributed by atoms with Gasteiger partial charge in [-0.2, -0.15) is 0 Å². The van der Waals surface area contributed by atoms with Crippen molar-refractivity contribution in [3.05, 3.63) is 82.6 Å². The quantitative estimate of drug-likeness (QED) is 0.393. The fourth-order valence-corrected chi connectivity index (χ4v) is 5.22. The van der Waals surface area contributed by atoms with Crippen LogP contribution in [0.3, 0.4) is 0 Å². The molecule has 0 radical (unpaired) electrons. The van der Waals surface area contributed by atoms with Crippen LogP contribution in [0.4, 0.5) is 5.69 Å². The second kappa shape index (κ2) is 8.85. The van der Waals surface area contributed by atoms with E-state index in [9.17, 15) is 4.79 Å². The SMILES string of the molecule is O=C(NC1CCCCC1)c1ccc2c(c1)N=C(c1ccc(Cl)cc1)c1cnccc1S2. The highest BCUT2D eigenvalue weighted by atomic mass is 35.5. The molecular weight excluding hydrogens is 426 g/mol. The molecule has 0 spiro atoms. The molecule has 0 atom stereocenters. The average molecular weight is 448 g/mol. The minimum absolute atomic E-state index is 0.0219. The summed E-state index contributed by atoms with van der Waals surface area (Å²) in [5, 5.41) is 3.89. The van der Waals surface area contributed by atoms with Crippen molar-refractivity contribution in [2.75, 3.05) is 0 Å². The van der Waals surface area contributed by atoms with Crippen molar-refractivity contribution in [1.29, 1.82) is 0 Å². The van der Waals surface area contributed by atoms with Crippen LogP contribution in [0.15, 0.2) is 75.7 Å². The summed E-state index contributed by atoms with van der Waals surface area (Å²) in [4.78, 5) is 24.3. The molecule has 4 nitrogen and oxygen atoms in total. The molecule has 5 rings (SSSR count). The van der Waals surface area contributed by atoms with E-state index in [1.807, 2.05) is 54.7 Å². The molecular formula is C25H22ClN3OS. The number of halogens is 1. The number of benzene rings is 2. The molecule has 0 unspecified atom stereocenters. The van der Waals surface area contributed by atoms with E-state index in [0.717, 1.165) is 45.2 Å². The van der Waals surface area contributed by atoms with Crippen molar-refractivity contribution < 1.29 is 4.79 Å². The Morgan fingerprint density at radius 1 is 1.00 bits per heavy atom. The number of aliphatic imine (C=N–C) groups is 1. The van der Waals surface area contributed by atoms with Crippen LogP contribution < -0.4 is 5.32 Å². The number of hydrogen-bond donors (Lipinski definition) is 1. The summed E-state index contributed by atoms with van der Waals surface area (Å²) in [6.45, 7) is 0. The fourth-order valence-electron chi connectivity index (χ4n) is 4.12. The first kappa shape index (κ1) is 20.3. The largest absolute Gasteiger partial charge is 0.349 e. The van der Waals surface area contributed by atoms with Crippen molar-refractivity contribution in [2.24, 2.45) is 4.99 Å². The molecule has 1 aromatic heterocycles. The molecule has 3 aromatic rings. The number of nitrogens with one attached hydrogen (secondary N) is 1. The normalized spacial score (nSPS) is 16.0.